The standard InChI is InChI=1S/C18H21N/c1-13-6-5-7-14(2)17(13)12-19-18-11-10-15-8-3-4-9-16(15)18/h3-9,18-19H,10-12H2,1-2H3. The number of hydrogen-bond acceptors (Lipinski definition) is 1. The second kappa shape index (κ2) is 5.18. The molecule has 0 aliphatic heterocycles. The van der Waals surface area contributed by atoms with E-state index in [1.54, 1.807) is 0 Å². The predicted octanol–water partition coefficient (Wildman–Crippen LogP) is 4.08. The molecule has 1 aliphatic carbocycles. The second-order valence-electron chi connectivity index (χ2n) is 5.54. The first-order chi connectivity index (χ1) is 9.25. The highest BCUT2D eigenvalue weighted by atomic mass is 14.9. The molecular weight excluding hydrogens is 230 g/mol. The molecule has 0 saturated carbocycles. The lowest BCUT2D eigenvalue weighted by Gasteiger charge is -2.16. The summed E-state index contributed by atoms with van der Waals surface area (Å²) in [7, 11) is 0. The molecule has 1 nitrogen and oxygen atoms in total. The molecule has 0 amide bonds. The van der Waals surface area contributed by atoms with Crippen LogP contribution in [-0.4, -0.2) is 0 Å². The number of rotatable bonds is 3. The minimum atomic E-state index is 0.523. The largest absolute Gasteiger partial charge is 0.306 e. The highest BCUT2D eigenvalue weighted by Gasteiger charge is 2.21. The number of aryl methyl sites for hydroxylation is 3. The molecule has 98 valence electrons. The molecule has 0 heterocycles. The van der Waals surface area contributed by atoms with Crippen molar-refractivity contribution in [3.05, 3.63) is 70.3 Å². The van der Waals surface area contributed by atoms with Crippen molar-refractivity contribution >= 4 is 0 Å². The summed E-state index contributed by atoms with van der Waals surface area (Å²) in [6.07, 6.45) is 2.44. The van der Waals surface area contributed by atoms with Crippen molar-refractivity contribution in [1.29, 1.82) is 0 Å². The first-order valence-electron chi connectivity index (χ1n) is 7.12. The molecule has 1 N–H and O–H groups in total. The van der Waals surface area contributed by atoms with Crippen LogP contribution >= 0.6 is 0 Å². The van der Waals surface area contributed by atoms with E-state index in [2.05, 4.69) is 61.6 Å². The van der Waals surface area contributed by atoms with E-state index in [1.807, 2.05) is 0 Å². The third kappa shape index (κ3) is 2.43. The summed E-state index contributed by atoms with van der Waals surface area (Å²) >= 11 is 0. The van der Waals surface area contributed by atoms with Crippen LogP contribution in [0.3, 0.4) is 0 Å². The molecule has 0 bridgehead atoms. The first-order valence-corrected chi connectivity index (χ1v) is 7.12. The van der Waals surface area contributed by atoms with E-state index < -0.39 is 0 Å². The van der Waals surface area contributed by atoms with Gasteiger partial charge in [-0.05, 0) is 54.5 Å². The third-order valence-electron chi connectivity index (χ3n) is 4.30. The van der Waals surface area contributed by atoms with E-state index in [4.69, 9.17) is 0 Å². The van der Waals surface area contributed by atoms with Crippen LogP contribution in [0.1, 0.15) is 40.3 Å². The van der Waals surface area contributed by atoms with Gasteiger partial charge >= 0.3 is 0 Å². The number of nitrogens with one attached hydrogen (secondary N) is 1. The summed E-state index contributed by atoms with van der Waals surface area (Å²) < 4.78 is 0. The van der Waals surface area contributed by atoms with Gasteiger partial charge in [-0.2, -0.15) is 0 Å². The average Bonchev–Trinajstić information content (AvgIpc) is 2.82. The third-order valence-corrected chi connectivity index (χ3v) is 4.30. The van der Waals surface area contributed by atoms with E-state index in [0.717, 1.165) is 6.54 Å². The number of benzene rings is 2. The summed E-state index contributed by atoms with van der Waals surface area (Å²) in [4.78, 5) is 0. The number of fused-ring (bicyclic) bond motifs is 1. The topological polar surface area (TPSA) is 12.0 Å². The molecule has 1 aliphatic rings. The average molecular weight is 251 g/mol. The van der Waals surface area contributed by atoms with Crippen molar-refractivity contribution in [2.45, 2.75) is 39.3 Å². The van der Waals surface area contributed by atoms with Gasteiger partial charge < -0.3 is 5.32 Å². The van der Waals surface area contributed by atoms with Crippen LogP contribution < -0.4 is 5.32 Å². The summed E-state index contributed by atoms with van der Waals surface area (Å²) in [6.45, 7) is 5.37. The Morgan fingerprint density at radius 1 is 1.00 bits per heavy atom. The van der Waals surface area contributed by atoms with Crippen LogP contribution in [-0.2, 0) is 13.0 Å². The van der Waals surface area contributed by atoms with Gasteiger partial charge in [0.05, 0.1) is 0 Å². The molecule has 1 heteroatoms. The number of hydrogen-bond donors (Lipinski definition) is 1. The van der Waals surface area contributed by atoms with Crippen molar-refractivity contribution in [3.63, 3.8) is 0 Å². The Labute approximate surface area is 115 Å². The predicted molar refractivity (Wildman–Crippen MR) is 80.3 cm³/mol. The monoisotopic (exact) mass is 251 g/mol. The van der Waals surface area contributed by atoms with Crippen molar-refractivity contribution in [2.75, 3.05) is 0 Å². The van der Waals surface area contributed by atoms with Crippen molar-refractivity contribution in [1.82, 2.24) is 5.32 Å². The van der Waals surface area contributed by atoms with Crippen LogP contribution in [0.4, 0.5) is 0 Å². The Hall–Kier alpha value is -1.60. The molecular formula is C18H21N. The molecule has 2 aromatic rings. The molecule has 0 spiro atoms. The van der Waals surface area contributed by atoms with Gasteiger partial charge in [-0.3, -0.25) is 0 Å². The lowest BCUT2D eigenvalue weighted by atomic mass is 10.0. The van der Waals surface area contributed by atoms with Crippen molar-refractivity contribution in [3.8, 4) is 0 Å². The Morgan fingerprint density at radius 3 is 2.53 bits per heavy atom. The van der Waals surface area contributed by atoms with Gasteiger partial charge in [0, 0.05) is 12.6 Å². The minimum absolute atomic E-state index is 0.523. The van der Waals surface area contributed by atoms with Gasteiger partial charge in [0.25, 0.3) is 0 Å². The molecule has 3 rings (SSSR count). The first kappa shape index (κ1) is 12.4. The van der Waals surface area contributed by atoms with E-state index >= 15 is 0 Å². The van der Waals surface area contributed by atoms with E-state index in [0.29, 0.717) is 6.04 Å². The van der Waals surface area contributed by atoms with E-state index in [9.17, 15) is 0 Å². The summed E-state index contributed by atoms with van der Waals surface area (Å²) in [6, 6.07) is 15.9. The minimum Gasteiger partial charge on any atom is -0.306 e. The molecule has 1 unspecified atom stereocenters. The van der Waals surface area contributed by atoms with Crippen LogP contribution in [0.5, 0.6) is 0 Å². The SMILES string of the molecule is Cc1cccc(C)c1CNC1CCc2ccccc21. The zero-order valence-corrected chi connectivity index (χ0v) is 11.7. The molecule has 0 saturated heterocycles. The summed E-state index contributed by atoms with van der Waals surface area (Å²) in [5.74, 6) is 0. The Bertz CT molecular complexity index is 566. The van der Waals surface area contributed by atoms with Gasteiger partial charge in [0.1, 0.15) is 0 Å². The highest BCUT2D eigenvalue weighted by molar-refractivity contribution is 5.36. The molecule has 0 fully saturated rings. The summed E-state index contributed by atoms with van der Waals surface area (Å²) in [5, 5.41) is 3.74. The highest BCUT2D eigenvalue weighted by Crippen LogP contribution is 2.31. The fourth-order valence-corrected chi connectivity index (χ4v) is 3.12. The lowest BCUT2D eigenvalue weighted by molar-refractivity contribution is 0.528. The van der Waals surface area contributed by atoms with E-state index in [1.165, 1.54) is 40.7 Å². The fourth-order valence-electron chi connectivity index (χ4n) is 3.12. The zero-order chi connectivity index (χ0) is 13.2. The molecule has 0 aromatic heterocycles. The summed E-state index contributed by atoms with van der Waals surface area (Å²) in [5.41, 5.74) is 7.24. The quantitative estimate of drug-likeness (QED) is 0.866. The second-order valence-corrected chi connectivity index (χ2v) is 5.54. The van der Waals surface area contributed by atoms with Gasteiger partial charge in [0.2, 0.25) is 0 Å². The van der Waals surface area contributed by atoms with Gasteiger partial charge in [-0.1, -0.05) is 42.5 Å². The maximum Gasteiger partial charge on any atom is 0.0329 e. The lowest BCUT2D eigenvalue weighted by Crippen LogP contribution is -2.19. The molecule has 19 heavy (non-hydrogen) atoms. The van der Waals surface area contributed by atoms with Crippen molar-refractivity contribution < 1.29 is 0 Å². The van der Waals surface area contributed by atoms with Crippen molar-refractivity contribution in [2.24, 2.45) is 0 Å². The van der Waals surface area contributed by atoms with Crippen LogP contribution in [0.15, 0.2) is 42.5 Å². The Kier molecular flexibility index (Phi) is 3.39. The van der Waals surface area contributed by atoms with E-state index in [-0.39, 0.29) is 0 Å². The van der Waals surface area contributed by atoms with Crippen LogP contribution in [0, 0.1) is 13.8 Å². The van der Waals surface area contributed by atoms with Gasteiger partial charge in [0.15, 0.2) is 0 Å². The fraction of sp³-hybridized carbons (Fsp3) is 0.333. The maximum atomic E-state index is 3.74. The molecule has 2 aromatic carbocycles. The van der Waals surface area contributed by atoms with Crippen LogP contribution in [0.2, 0.25) is 0 Å². The Morgan fingerprint density at radius 2 is 1.74 bits per heavy atom. The Balaban J connectivity index is 1.75. The smallest absolute Gasteiger partial charge is 0.0329 e. The molecule has 0 radical (unpaired) electrons. The maximum absolute atomic E-state index is 3.74. The van der Waals surface area contributed by atoms with Gasteiger partial charge in [-0.25, -0.2) is 0 Å². The normalized spacial score (nSPS) is 17.5. The van der Waals surface area contributed by atoms with Gasteiger partial charge in [-0.15, -0.1) is 0 Å². The molecule has 1 atom stereocenters. The zero-order valence-electron chi connectivity index (χ0n) is 11.7. The van der Waals surface area contributed by atoms with Crippen LogP contribution in [0.25, 0.3) is 0 Å².